The summed E-state index contributed by atoms with van der Waals surface area (Å²) >= 11 is 6.31. The van der Waals surface area contributed by atoms with E-state index in [2.05, 4.69) is 5.32 Å². The number of halogens is 1. The molecule has 0 aromatic heterocycles. The summed E-state index contributed by atoms with van der Waals surface area (Å²) in [6.45, 7) is 6.98. The van der Waals surface area contributed by atoms with Crippen molar-refractivity contribution in [3.05, 3.63) is 82.9 Å². The van der Waals surface area contributed by atoms with Crippen molar-refractivity contribution in [2.75, 3.05) is 25.1 Å². The van der Waals surface area contributed by atoms with E-state index in [1.165, 1.54) is 30.2 Å². The summed E-state index contributed by atoms with van der Waals surface area (Å²) < 4.78 is 40.0. The van der Waals surface area contributed by atoms with Gasteiger partial charge in [0.05, 0.1) is 24.8 Å². The van der Waals surface area contributed by atoms with Crippen LogP contribution in [0.15, 0.2) is 71.6 Å². The van der Waals surface area contributed by atoms with Crippen LogP contribution in [0.1, 0.15) is 44.7 Å². The highest BCUT2D eigenvalue weighted by Crippen LogP contribution is 2.35. The third-order valence-corrected chi connectivity index (χ3v) is 9.21. The Hall–Kier alpha value is -3.76. The number of sulfonamides is 1. The normalized spacial score (nSPS) is 12.6. The summed E-state index contributed by atoms with van der Waals surface area (Å²) in [5.41, 5.74) is 1.73. The number of ether oxygens (including phenoxy) is 2. The number of methoxy groups -OCH3 is 2. The minimum atomic E-state index is -4.28. The van der Waals surface area contributed by atoms with Crippen LogP contribution in [0.2, 0.25) is 5.02 Å². The Labute approximate surface area is 259 Å². The van der Waals surface area contributed by atoms with Crippen molar-refractivity contribution < 1.29 is 27.5 Å². The van der Waals surface area contributed by atoms with Crippen LogP contribution < -0.4 is 19.1 Å². The van der Waals surface area contributed by atoms with Gasteiger partial charge in [-0.15, -0.1) is 0 Å². The first-order valence-electron chi connectivity index (χ1n) is 14.1. The SMILES string of the molecule is CCC(C)NC(=O)C(CC)N(Cc1ccc(OC)cc1)C(=O)CN(c1cc(Cl)ccc1OC)S(=O)(=O)c1ccc(C)cc1. The van der Waals surface area contributed by atoms with Crippen molar-refractivity contribution in [1.82, 2.24) is 10.2 Å². The molecular formula is C32H40ClN3O6S. The van der Waals surface area contributed by atoms with Crippen molar-refractivity contribution in [2.45, 2.75) is 64.1 Å². The predicted molar refractivity (Wildman–Crippen MR) is 169 cm³/mol. The molecule has 1 N–H and O–H groups in total. The molecule has 0 saturated heterocycles. The van der Waals surface area contributed by atoms with Crippen molar-refractivity contribution in [3.63, 3.8) is 0 Å². The Kier molecular flexibility index (Phi) is 11.9. The number of carbonyl (C=O) groups excluding carboxylic acids is 2. The summed E-state index contributed by atoms with van der Waals surface area (Å²) in [4.78, 5) is 29.1. The number of nitrogens with zero attached hydrogens (tertiary/aromatic N) is 2. The number of hydrogen-bond acceptors (Lipinski definition) is 6. The first-order valence-corrected chi connectivity index (χ1v) is 15.9. The largest absolute Gasteiger partial charge is 0.497 e. The lowest BCUT2D eigenvalue weighted by Crippen LogP contribution is -2.53. The van der Waals surface area contributed by atoms with Gasteiger partial charge in [0.15, 0.2) is 0 Å². The Balaban J connectivity index is 2.12. The van der Waals surface area contributed by atoms with Gasteiger partial charge in [-0.25, -0.2) is 8.42 Å². The van der Waals surface area contributed by atoms with Crippen molar-refractivity contribution >= 4 is 39.1 Å². The molecule has 43 heavy (non-hydrogen) atoms. The molecular weight excluding hydrogens is 590 g/mol. The van der Waals surface area contributed by atoms with Gasteiger partial charge in [-0.1, -0.05) is 55.3 Å². The zero-order valence-corrected chi connectivity index (χ0v) is 27.0. The van der Waals surface area contributed by atoms with Gasteiger partial charge in [0.1, 0.15) is 24.1 Å². The maximum atomic E-state index is 14.3. The molecule has 3 aromatic carbocycles. The van der Waals surface area contributed by atoms with E-state index >= 15 is 0 Å². The highest BCUT2D eigenvalue weighted by molar-refractivity contribution is 7.92. The van der Waals surface area contributed by atoms with Crippen molar-refractivity contribution in [1.29, 1.82) is 0 Å². The van der Waals surface area contributed by atoms with Gasteiger partial charge in [0.2, 0.25) is 11.8 Å². The summed E-state index contributed by atoms with van der Waals surface area (Å²) in [6.07, 6.45) is 1.03. The van der Waals surface area contributed by atoms with E-state index in [0.717, 1.165) is 15.4 Å². The lowest BCUT2D eigenvalue weighted by Gasteiger charge is -2.34. The molecule has 232 valence electrons. The number of nitrogens with one attached hydrogen (secondary N) is 1. The number of aryl methyl sites for hydroxylation is 1. The minimum Gasteiger partial charge on any atom is -0.497 e. The molecule has 0 spiro atoms. The Morgan fingerprint density at radius 1 is 0.930 bits per heavy atom. The molecule has 11 heteroatoms. The van der Waals surface area contributed by atoms with E-state index < -0.39 is 28.5 Å². The highest BCUT2D eigenvalue weighted by atomic mass is 35.5. The van der Waals surface area contributed by atoms with Gasteiger partial charge in [-0.2, -0.15) is 0 Å². The average molecular weight is 630 g/mol. The smallest absolute Gasteiger partial charge is 0.264 e. The molecule has 0 aliphatic heterocycles. The van der Waals surface area contributed by atoms with Crippen LogP contribution in [0.25, 0.3) is 0 Å². The third kappa shape index (κ3) is 8.42. The Bertz CT molecular complexity index is 1500. The molecule has 2 unspecified atom stereocenters. The van der Waals surface area contributed by atoms with Crippen LogP contribution in [-0.2, 0) is 26.2 Å². The van der Waals surface area contributed by atoms with Crippen LogP contribution in [0.4, 0.5) is 5.69 Å². The molecule has 9 nitrogen and oxygen atoms in total. The quantitative estimate of drug-likeness (QED) is 0.250. The van der Waals surface area contributed by atoms with Gasteiger partial charge in [0, 0.05) is 17.6 Å². The molecule has 0 aliphatic carbocycles. The number of amides is 2. The van der Waals surface area contributed by atoms with E-state index in [1.54, 1.807) is 55.6 Å². The molecule has 0 radical (unpaired) electrons. The van der Waals surface area contributed by atoms with Crippen LogP contribution in [0, 0.1) is 6.92 Å². The maximum Gasteiger partial charge on any atom is 0.264 e. The topological polar surface area (TPSA) is 105 Å². The van der Waals surface area contributed by atoms with Gasteiger partial charge >= 0.3 is 0 Å². The first kappa shape index (κ1) is 33.7. The lowest BCUT2D eigenvalue weighted by atomic mass is 10.1. The van der Waals surface area contributed by atoms with Crippen LogP contribution in [0.5, 0.6) is 11.5 Å². The number of rotatable bonds is 14. The molecule has 0 aliphatic rings. The van der Waals surface area contributed by atoms with Gasteiger partial charge < -0.3 is 19.7 Å². The Morgan fingerprint density at radius 2 is 1.58 bits per heavy atom. The van der Waals surface area contributed by atoms with E-state index in [-0.39, 0.29) is 39.8 Å². The van der Waals surface area contributed by atoms with Crippen LogP contribution in [-0.4, -0.2) is 58.0 Å². The van der Waals surface area contributed by atoms with Crippen molar-refractivity contribution in [2.24, 2.45) is 0 Å². The maximum absolute atomic E-state index is 14.3. The minimum absolute atomic E-state index is 0.00353. The summed E-state index contributed by atoms with van der Waals surface area (Å²) in [7, 11) is -1.31. The van der Waals surface area contributed by atoms with E-state index in [0.29, 0.717) is 18.6 Å². The van der Waals surface area contributed by atoms with Crippen LogP contribution in [0.3, 0.4) is 0 Å². The molecule has 0 heterocycles. The summed E-state index contributed by atoms with van der Waals surface area (Å²) in [5.74, 6) is -0.0191. The van der Waals surface area contributed by atoms with Crippen LogP contribution >= 0.6 is 11.6 Å². The summed E-state index contributed by atoms with van der Waals surface area (Å²) in [5, 5.41) is 3.24. The van der Waals surface area contributed by atoms with Gasteiger partial charge in [0.25, 0.3) is 10.0 Å². The monoisotopic (exact) mass is 629 g/mol. The number of anilines is 1. The Morgan fingerprint density at radius 3 is 2.14 bits per heavy atom. The lowest BCUT2D eigenvalue weighted by molar-refractivity contribution is -0.140. The number of carbonyl (C=O) groups is 2. The number of hydrogen-bond donors (Lipinski definition) is 1. The second kappa shape index (κ2) is 15.1. The zero-order chi connectivity index (χ0) is 31.7. The fourth-order valence-corrected chi connectivity index (χ4v) is 6.08. The third-order valence-electron chi connectivity index (χ3n) is 7.20. The molecule has 2 amide bonds. The zero-order valence-electron chi connectivity index (χ0n) is 25.5. The number of benzene rings is 3. The standard InChI is InChI=1S/C32H40ClN3O6S/c1-7-23(4)34-32(38)28(8-2)35(20-24-11-14-26(41-5)15-12-24)31(37)21-36(29-19-25(33)13-18-30(29)42-6)43(39,40)27-16-9-22(3)10-17-27/h9-19,23,28H,7-8,20-21H2,1-6H3,(H,34,38). The fraction of sp³-hybridized carbons (Fsp3) is 0.375. The second-order valence-corrected chi connectivity index (χ2v) is 12.6. The van der Waals surface area contributed by atoms with Crippen molar-refractivity contribution in [3.8, 4) is 11.5 Å². The molecule has 0 bridgehead atoms. The first-order chi connectivity index (χ1) is 20.4. The highest BCUT2D eigenvalue weighted by Gasteiger charge is 2.35. The molecule has 3 rings (SSSR count). The molecule has 0 fully saturated rings. The molecule has 2 atom stereocenters. The van der Waals surface area contributed by atoms with Gasteiger partial charge in [-0.05, 0) is 74.7 Å². The van der Waals surface area contributed by atoms with Gasteiger partial charge in [-0.3, -0.25) is 13.9 Å². The predicted octanol–water partition coefficient (Wildman–Crippen LogP) is 5.58. The second-order valence-electron chi connectivity index (χ2n) is 10.3. The average Bonchev–Trinajstić information content (AvgIpc) is 2.99. The van der Waals surface area contributed by atoms with E-state index in [1.807, 2.05) is 27.7 Å². The van der Waals surface area contributed by atoms with E-state index in [4.69, 9.17) is 21.1 Å². The van der Waals surface area contributed by atoms with E-state index in [9.17, 15) is 18.0 Å². The summed E-state index contributed by atoms with van der Waals surface area (Å²) in [6, 6.07) is 17.1. The fourth-order valence-electron chi connectivity index (χ4n) is 4.50. The molecule has 3 aromatic rings. The molecule has 0 saturated carbocycles.